The molecule has 98 valence electrons. The first-order valence-corrected chi connectivity index (χ1v) is 7.23. The Labute approximate surface area is 114 Å². The van der Waals surface area contributed by atoms with Crippen LogP contribution in [0.25, 0.3) is 5.57 Å². The Kier molecular flexibility index (Phi) is 2.29. The van der Waals surface area contributed by atoms with Crippen LogP contribution in [0.3, 0.4) is 0 Å². The number of nitrogens with zero attached hydrogens (tertiary/aromatic N) is 1. The van der Waals surface area contributed by atoms with Gasteiger partial charge in [-0.05, 0) is 55.9 Å². The first-order chi connectivity index (χ1) is 9.24. The number of fused-ring (bicyclic) bond motifs is 2. The quantitative estimate of drug-likeness (QED) is 0.699. The lowest BCUT2D eigenvalue weighted by molar-refractivity contribution is 0.431. The number of benzene rings is 1. The lowest BCUT2D eigenvalue weighted by Gasteiger charge is -2.39. The van der Waals surface area contributed by atoms with Crippen LogP contribution >= 0.6 is 0 Å². The van der Waals surface area contributed by atoms with Gasteiger partial charge >= 0.3 is 0 Å². The molecule has 3 aliphatic rings. The highest BCUT2D eigenvalue weighted by Gasteiger charge is 2.30. The van der Waals surface area contributed by atoms with E-state index in [0.29, 0.717) is 0 Å². The average molecular weight is 253 g/mol. The van der Waals surface area contributed by atoms with Gasteiger partial charge in [0.15, 0.2) is 0 Å². The molecule has 2 nitrogen and oxygen atoms in total. The summed E-state index contributed by atoms with van der Waals surface area (Å²) in [7, 11) is 0. The molecule has 19 heavy (non-hydrogen) atoms. The van der Waals surface area contributed by atoms with Gasteiger partial charge in [-0.15, -0.1) is 0 Å². The summed E-state index contributed by atoms with van der Waals surface area (Å²) in [6.45, 7) is 8.54. The van der Waals surface area contributed by atoms with Gasteiger partial charge in [-0.2, -0.15) is 0 Å². The fourth-order valence-corrected chi connectivity index (χ4v) is 3.72. The topological polar surface area (TPSA) is 12.5 Å². The van der Waals surface area contributed by atoms with Crippen LogP contribution in [0.4, 0.5) is 5.69 Å². The number of hydrogen-bond acceptors (Lipinski definition) is 2. The van der Waals surface area contributed by atoms with Crippen LogP contribution in [0.2, 0.25) is 0 Å². The van der Waals surface area contributed by atoms with E-state index in [2.05, 4.69) is 24.5 Å². The van der Waals surface area contributed by atoms with Gasteiger partial charge in [-0.25, -0.2) is 0 Å². The molecule has 0 aliphatic carbocycles. The molecule has 3 heterocycles. The fraction of sp³-hybridized carbons (Fsp3) is 0.412. The zero-order chi connectivity index (χ0) is 13.0. The van der Waals surface area contributed by atoms with Gasteiger partial charge in [-0.3, -0.25) is 0 Å². The van der Waals surface area contributed by atoms with Gasteiger partial charge in [0.2, 0.25) is 0 Å². The number of allylic oxidation sites excluding steroid dienone is 2. The molecule has 0 fully saturated rings. The number of anilines is 1. The van der Waals surface area contributed by atoms with Crippen LogP contribution in [0.1, 0.15) is 36.5 Å². The van der Waals surface area contributed by atoms with Crippen molar-refractivity contribution in [2.75, 3.05) is 18.0 Å². The van der Waals surface area contributed by atoms with E-state index in [1.165, 1.54) is 60.3 Å². The maximum atomic E-state index is 5.98. The molecule has 0 saturated heterocycles. The molecule has 0 radical (unpaired) electrons. The minimum atomic E-state index is 0.772. The maximum Gasteiger partial charge on any atom is 0.140 e. The summed E-state index contributed by atoms with van der Waals surface area (Å²) in [5.41, 5.74) is 6.98. The van der Waals surface area contributed by atoms with Gasteiger partial charge in [0.1, 0.15) is 11.5 Å². The summed E-state index contributed by atoms with van der Waals surface area (Å²) < 4.78 is 5.98. The van der Waals surface area contributed by atoms with Crippen molar-refractivity contribution in [2.24, 2.45) is 0 Å². The molecule has 0 N–H and O–H groups in total. The Morgan fingerprint density at radius 1 is 1.21 bits per heavy atom. The molecule has 1 aromatic carbocycles. The lowest BCUT2D eigenvalue weighted by Crippen LogP contribution is -2.35. The molecule has 1 aromatic rings. The highest BCUT2D eigenvalue weighted by atomic mass is 16.5. The zero-order valence-electron chi connectivity index (χ0n) is 11.5. The molecule has 0 saturated carbocycles. The second-order valence-electron chi connectivity index (χ2n) is 5.83. The van der Waals surface area contributed by atoms with Gasteiger partial charge < -0.3 is 9.64 Å². The van der Waals surface area contributed by atoms with E-state index in [1.54, 1.807) is 0 Å². The first-order valence-electron chi connectivity index (χ1n) is 7.23. The normalized spacial score (nSPS) is 20.4. The van der Waals surface area contributed by atoms with Gasteiger partial charge in [-0.1, -0.05) is 6.58 Å². The smallest absolute Gasteiger partial charge is 0.140 e. The van der Waals surface area contributed by atoms with Crippen molar-refractivity contribution in [3.8, 4) is 5.75 Å². The standard InChI is InChI=1S/C17H19NO/c1-11-9-12(2)19-17-14-6-4-8-18-7-3-5-13(16(14)18)10-15(11)17/h9-10H,2-8H2,1H3. The van der Waals surface area contributed by atoms with Crippen molar-refractivity contribution in [2.45, 2.75) is 32.6 Å². The Morgan fingerprint density at radius 3 is 2.84 bits per heavy atom. The van der Waals surface area contributed by atoms with Crippen molar-refractivity contribution in [1.29, 1.82) is 0 Å². The van der Waals surface area contributed by atoms with E-state index >= 15 is 0 Å². The van der Waals surface area contributed by atoms with Gasteiger partial charge in [0, 0.05) is 29.9 Å². The summed E-state index contributed by atoms with van der Waals surface area (Å²) in [5, 5.41) is 0. The average Bonchev–Trinajstić information content (AvgIpc) is 2.41. The molecule has 0 amide bonds. The molecular formula is C17H19NO. The minimum Gasteiger partial charge on any atom is -0.457 e. The third kappa shape index (κ3) is 1.55. The summed E-state index contributed by atoms with van der Waals surface area (Å²) in [4.78, 5) is 2.55. The third-order valence-electron chi connectivity index (χ3n) is 4.51. The van der Waals surface area contributed by atoms with E-state index in [4.69, 9.17) is 4.74 Å². The Morgan fingerprint density at radius 2 is 2.00 bits per heavy atom. The molecule has 0 bridgehead atoms. The minimum absolute atomic E-state index is 0.772. The number of ether oxygens (including phenoxy) is 1. The summed E-state index contributed by atoms with van der Waals surface area (Å²) in [6.07, 6.45) is 6.91. The zero-order valence-corrected chi connectivity index (χ0v) is 11.5. The second kappa shape index (κ2) is 3.89. The Balaban J connectivity index is 2.00. The molecule has 0 unspecified atom stereocenters. The van der Waals surface area contributed by atoms with Crippen LogP contribution in [0, 0.1) is 0 Å². The SMILES string of the molecule is C=C1C=C(C)c2cc3c4c(c2O1)CCCN4CCC3. The molecular weight excluding hydrogens is 234 g/mol. The maximum absolute atomic E-state index is 5.98. The number of rotatable bonds is 0. The predicted molar refractivity (Wildman–Crippen MR) is 78.7 cm³/mol. The predicted octanol–water partition coefficient (Wildman–Crippen LogP) is 3.69. The van der Waals surface area contributed by atoms with Crippen LogP contribution in [0.15, 0.2) is 24.5 Å². The number of hydrogen-bond donors (Lipinski definition) is 0. The summed E-state index contributed by atoms with van der Waals surface area (Å²) >= 11 is 0. The van der Waals surface area contributed by atoms with Gasteiger partial charge in [0.25, 0.3) is 0 Å². The monoisotopic (exact) mass is 253 g/mol. The molecule has 0 spiro atoms. The van der Waals surface area contributed by atoms with E-state index in [9.17, 15) is 0 Å². The van der Waals surface area contributed by atoms with Crippen molar-refractivity contribution in [3.63, 3.8) is 0 Å². The number of aryl methyl sites for hydroxylation is 1. The molecule has 4 rings (SSSR count). The lowest BCUT2D eigenvalue weighted by atomic mass is 9.86. The van der Waals surface area contributed by atoms with Crippen LogP contribution in [-0.2, 0) is 12.8 Å². The second-order valence-corrected chi connectivity index (χ2v) is 5.83. The highest BCUT2D eigenvalue weighted by molar-refractivity contribution is 5.81. The third-order valence-corrected chi connectivity index (χ3v) is 4.51. The summed E-state index contributed by atoms with van der Waals surface area (Å²) in [5.74, 6) is 1.85. The van der Waals surface area contributed by atoms with E-state index in [1.807, 2.05) is 6.08 Å². The fourth-order valence-electron chi connectivity index (χ4n) is 3.72. The van der Waals surface area contributed by atoms with Gasteiger partial charge in [0.05, 0.1) is 0 Å². The largest absolute Gasteiger partial charge is 0.457 e. The van der Waals surface area contributed by atoms with Crippen LogP contribution in [-0.4, -0.2) is 13.1 Å². The van der Waals surface area contributed by atoms with Crippen molar-refractivity contribution in [3.05, 3.63) is 41.2 Å². The molecule has 3 aliphatic heterocycles. The Hall–Kier alpha value is -1.70. The molecule has 0 atom stereocenters. The summed E-state index contributed by atoms with van der Waals surface area (Å²) in [6, 6.07) is 2.35. The Bertz CT molecular complexity index is 610. The van der Waals surface area contributed by atoms with Crippen molar-refractivity contribution < 1.29 is 4.74 Å². The highest BCUT2D eigenvalue weighted by Crippen LogP contribution is 2.46. The van der Waals surface area contributed by atoms with Crippen LogP contribution < -0.4 is 9.64 Å². The van der Waals surface area contributed by atoms with E-state index in [-0.39, 0.29) is 0 Å². The van der Waals surface area contributed by atoms with E-state index in [0.717, 1.165) is 17.9 Å². The van der Waals surface area contributed by atoms with E-state index < -0.39 is 0 Å². The van der Waals surface area contributed by atoms with Crippen molar-refractivity contribution >= 4 is 11.3 Å². The molecule has 0 aromatic heterocycles. The first kappa shape index (κ1) is 11.2. The van der Waals surface area contributed by atoms with Crippen LogP contribution in [0.5, 0.6) is 5.75 Å². The van der Waals surface area contributed by atoms with Crippen molar-refractivity contribution in [1.82, 2.24) is 0 Å². The molecule has 2 heteroatoms.